The standard InChI is InChI=1S/C11H14FN3O2/c1-6(10(16)14-2)15-11(17)7-4-3-5-8(12)9(7)13/h3-6H,13H2,1-2H3,(H,14,16)(H,15,17). The van der Waals surface area contributed by atoms with E-state index < -0.39 is 17.8 Å². The Labute approximate surface area is 98.2 Å². The van der Waals surface area contributed by atoms with E-state index >= 15 is 0 Å². The third kappa shape index (κ3) is 2.93. The maximum Gasteiger partial charge on any atom is 0.254 e. The quantitative estimate of drug-likeness (QED) is 0.662. The smallest absolute Gasteiger partial charge is 0.254 e. The summed E-state index contributed by atoms with van der Waals surface area (Å²) in [6.07, 6.45) is 0. The van der Waals surface area contributed by atoms with Crippen LogP contribution in [0.5, 0.6) is 0 Å². The Kier molecular flexibility index (Phi) is 4.03. The largest absolute Gasteiger partial charge is 0.396 e. The van der Waals surface area contributed by atoms with Crippen molar-refractivity contribution in [1.29, 1.82) is 0 Å². The minimum absolute atomic E-state index is 0.0146. The second kappa shape index (κ2) is 5.29. The third-order valence-corrected chi connectivity index (χ3v) is 2.28. The van der Waals surface area contributed by atoms with Gasteiger partial charge in [0.25, 0.3) is 5.91 Å². The number of benzene rings is 1. The molecule has 1 aromatic rings. The molecule has 0 saturated heterocycles. The minimum Gasteiger partial charge on any atom is -0.396 e. The highest BCUT2D eigenvalue weighted by molar-refractivity contribution is 6.01. The van der Waals surface area contributed by atoms with E-state index in [1.807, 2.05) is 0 Å². The first-order valence-electron chi connectivity index (χ1n) is 5.03. The lowest BCUT2D eigenvalue weighted by atomic mass is 10.1. The highest BCUT2D eigenvalue weighted by Gasteiger charge is 2.17. The first kappa shape index (κ1) is 13.0. The molecule has 0 aliphatic heterocycles. The van der Waals surface area contributed by atoms with E-state index in [2.05, 4.69) is 10.6 Å². The predicted molar refractivity (Wildman–Crippen MR) is 61.8 cm³/mol. The molecule has 4 N–H and O–H groups in total. The molecule has 2 amide bonds. The number of halogens is 1. The van der Waals surface area contributed by atoms with Gasteiger partial charge in [0, 0.05) is 7.05 Å². The number of likely N-dealkylation sites (N-methyl/N-ethyl adjacent to an activating group) is 1. The van der Waals surface area contributed by atoms with Gasteiger partial charge in [-0.05, 0) is 19.1 Å². The van der Waals surface area contributed by atoms with Crippen LogP contribution in [-0.4, -0.2) is 24.9 Å². The van der Waals surface area contributed by atoms with Gasteiger partial charge in [0.15, 0.2) is 0 Å². The Hall–Kier alpha value is -2.11. The summed E-state index contributed by atoms with van der Waals surface area (Å²) in [5, 5.41) is 4.81. The number of amides is 2. The molecular weight excluding hydrogens is 225 g/mol. The Balaban J connectivity index is 2.84. The average molecular weight is 239 g/mol. The second-order valence-corrected chi connectivity index (χ2v) is 3.51. The summed E-state index contributed by atoms with van der Waals surface area (Å²) in [5.74, 6) is -1.59. The number of carbonyl (C=O) groups excluding carboxylic acids is 2. The highest BCUT2D eigenvalue weighted by Crippen LogP contribution is 2.15. The zero-order chi connectivity index (χ0) is 13.0. The number of nitrogen functional groups attached to an aromatic ring is 1. The van der Waals surface area contributed by atoms with Crippen LogP contribution in [0.3, 0.4) is 0 Å². The van der Waals surface area contributed by atoms with Crippen molar-refractivity contribution in [2.24, 2.45) is 0 Å². The van der Waals surface area contributed by atoms with Crippen LogP contribution < -0.4 is 16.4 Å². The van der Waals surface area contributed by atoms with Gasteiger partial charge in [0.05, 0.1) is 11.3 Å². The Bertz CT molecular complexity index is 448. The van der Waals surface area contributed by atoms with E-state index in [1.54, 1.807) is 0 Å². The molecule has 0 radical (unpaired) electrons. The van der Waals surface area contributed by atoms with Crippen LogP contribution in [0, 0.1) is 5.82 Å². The molecule has 0 saturated carbocycles. The number of nitrogens with two attached hydrogens (primary N) is 1. The molecule has 17 heavy (non-hydrogen) atoms. The van der Waals surface area contributed by atoms with E-state index in [0.717, 1.165) is 6.07 Å². The van der Waals surface area contributed by atoms with Gasteiger partial charge >= 0.3 is 0 Å². The monoisotopic (exact) mass is 239 g/mol. The van der Waals surface area contributed by atoms with Crippen LogP contribution >= 0.6 is 0 Å². The molecule has 1 aromatic carbocycles. The fraction of sp³-hybridized carbons (Fsp3) is 0.273. The molecule has 0 heterocycles. The molecule has 0 bridgehead atoms. The van der Waals surface area contributed by atoms with E-state index in [0.29, 0.717) is 0 Å². The summed E-state index contributed by atoms with van der Waals surface area (Å²) in [5.41, 5.74) is 5.22. The number of rotatable bonds is 3. The number of hydrogen-bond acceptors (Lipinski definition) is 3. The van der Waals surface area contributed by atoms with Crippen molar-refractivity contribution in [1.82, 2.24) is 10.6 Å². The van der Waals surface area contributed by atoms with Crippen molar-refractivity contribution >= 4 is 17.5 Å². The molecule has 6 heteroatoms. The van der Waals surface area contributed by atoms with E-state index in [1.165, 1.54) is 26.1 Å². The fourth-order valence-corrected chi connectivity index (χ4v) is 1.29. The third-order valence-electron chi connectivity index (χ3n) is 2.28. The summed E-state index contributed by atoms with van der Waals surface area (Å²) in [6.45, 7) is 1.52. The van der Waals surface area contributed by atoms with Crippen LogP contribution in [0.2, 0.25) is 0 Å². The van der Waals surface area contributed by atoms with Crippen molar-refractivity contribution < 1.29 is 14.0 Å². The number of para-hydroxylation sites is 1. The molecule has 0 aliphatic rings. The zero-order valence-electron chi connectivity index (χ0n) is 9.58. The molecule has 0 spiro atoms. The van der Waals surface area contributed by atoms with Gasteiger partial charge in [-0.15, -0.1) is 0 Å². The van der Waals surface area contributed by atoms with Gasteiger partial charge in [-0.2, -0.15) is 0 Å². The Morgan fingerprint density at radius 3 is 2.65 bits per heavy atom. The van der Waals surface area contributed by atoms with Crippen molar-refractivity contribution in [2.75, 3.05) is 12.8 Å². The van der Waals surface area contributed by atoms with Gasteiger partial charge in [-0.1, -0.05) is 6.07 Å². The number of anilines is 1. The molecule has 1 rings (SSSR count). The predicted octanol–water partition coefficient (Wildman–Crippen LogP) is 0.272. The molecular formula is C11H14FN3O2. The normalized spacial score (nSPS) is 11.7. The lowest BCUT2D eigenvalue weighted by molar-refractivity contribution is -0.122. The van der Waals surface area contributed by atoms with Crippen molar-refractivity contribution in [3.8, 4) is 0 Å². The number of nitrogens with one attached hydrogen (secondary N) is 2. The van der Waals surface area contributed by atoms with Crippen molar-refractivity contribution in [2.45, 2.75) is 13.0 Å². The lowest BCUT2D eigenvalue weighted by Gasteiger charge is -2.13. The van der Waals surface area contributed by atoms with Crippen LogP contribution in [0.25, 0.3) is 0 Å². The van der Waals surface area contributed by atoms with Crippen LogP contribution in [0.1, 0.15) is 17.3 Å². The van der Waals surface area contributed by atoms with E-state index in [9.17, 15) is 14.0 Å². The van der Waals surface area contributed by atoms with Crippen molar-refractivity contribution in [3.05, 3.63) is 29.6 Å². The summed E-state index contributed by atoms with van der Waals surface area (Å²) in [7, 11) is 1.46. The number of carbonyl (C=O) groups is 2. The first-order valence-corrected chi connectivity index (χ1v) is 5.03. The topological polar surface area (TPSA) is 84.2 Å². The fourth-order valence-electron chi connectivity index (χ4n) is 1.29. The Morgan fingerprint density at radius 2 is 2.06 bits per heavy atom. The number of hydrogen-bond donors (Lipinski definition) is 3. The van der Waals surface area contributed by atoms with Gasteiger partial charge in [0.2, 0.25) is 5.91 Å². The molecule has 0 fully saturated rings. The van der Waals surface area contributed by atoms with Gasteiger partial charge in [0.1, 0.15) is 11.9 Å². The molecule has 1 atom stereocenters. The van der Waals surface area contributed by atoms with Crippen LogP contribution in [0.15, 0.2) is 18.2 Å². The van der Waals surface area contributed by atoms with E-state index in [4.69, 9.17) is 5.73 Å². The Morgan fingerprint density at radius 1 is 1.41 bits per heavy atom. The second-order valence-electron chi connectivity index (χ2n) is 3.51. The average Bonchev–Trinajstić information content (AvgIpc) is 2.31. The maximum absolute atomic E-state index is 13.1. The molecule has 92 valence electrons. The van der Waals surface area contributed by atoms with E-state index in [-0.39, 0.29) is 17.2 Å². The van der Waals surface area contributed by atoms with Gasteiger partial charge < -0.3 is 16.4 Å². The lowest BCUT2D eigenvalue weighted by Crippen LogP contribution is -2.43. The molecule has 5 nitrogen and oxygen atoms in total. The summed E-state index contributed by atoms with van der Waals surface area (Å²) in [6, 6.07) is 3.22. The van der Waals surface area contributed by atoms with Crippen LogP contribution in [0.4, 0.5) is 10.1 Å². The summed E-state index contributed by atoms with van der Waals surface area (Å²) < 4.78 is 13.1. The molecule has 0 aliphatic carbocycles. The maximum atomic E-state index is 13.1. The summed E-state index contributed by atoms with van der Waals surface area (Å²) >= 11 is 0. The highest BCUT2D eigenvalue weighted by atomic mass is 19.1. The molecule has 1 unspecified atom stereocenters. The molecule has 0 aromatic heterocycles. The van der Waals surface area contributed by atoms with Gasteiger partial charge in [-0.25, -0.2) is 4.39 Å². The first-order chi connectivity index (χ1) is 7.97. The van der Waals surface area contributed by atoms with Crippen molar-refractivity contribution in [3.63, 3.8) is 0 Å². The zero-order valence-corrected chi connectivity index (χ0v) is 9.58. The SMILES string of the molecule is CNC(=O)C(C)NC(=O)c1cccc(F)c1N. The van der Waals surface area contributed by atoms with Crippen LogP contribution in [-0.2, 0) is 4.79 Å². The van der Waals surface area contributed by atoms with Gasteiger partial charge in [-0.3, -0.25) is 9.59 Å². The minimum atomic E-state index is -0.713. The summed E-state index contributed by atoms with van der Waals surface area (Å²) in [4.78, 5) is 22.9.